The van der Waals surface area contributed by atoms with Crippen LogP contribution in [-0.2, 0) is 13.0 Å². The van der Waals surface area contributed by atoms with E-state index in [-0.39, 0.29) is 0 Å². The Morgan fingerprint density at radius 1 is 0.944 bits per heavy atom. The molecule has 0 spiro atoms. The number of rotatable bonds is 8. The van der Waals surface area contributed by atoms with Gasteiger partial charge in [-0.1, -0.05) is 33.1 Å². The van der Waals surface area contributed by atoms with E-state index in [1.165, 1.54) is 57.1 Å². The SMILES string of the molecule is CCCCCC[n+]1ccc(CCCC)cc1.[C-]#N. The van der Waals surface area contributed by atoms with Crippen LogP contribution in [0.5, 0.6) is 0 Å². The van der Waals surface area contributed by atoms with Crippen molar-refractivity contribution in [3.63, 3.8) is 0 Å². The number of unbranched alkanes of at least 4 members (excludes halogenated alkanes) is 4. The minimum atomic E-state index is 1.17. The molecule has 0 aliphatic rings. The lowest BCUT2D eigenvalue weighted by atomic mass is 10.1. The van der Waals surface area contributed by atoms with Gasteiger partial charge in [-0.05, 0) is 24.8 Å². The highest BCUT2D eigenvalue weighted by atomic mass is 14.9. The molecule has 2 heteroatoms. The monoisotopic (exact) mass is 246 g/mol. The molecular formula is C16H26N2. The van der Waals surface area contributed by atoms with Crippen molar-refractivity contribution in [1.82, 2.24) is 0 Å². The Labute approximate surface area is 112 Å². The van der Waals surface area contributed by atoms with Crippen LogP contribution in [0.1, 0.15) is 57.9 Å². The third kappa shape index (κ3) is 7.84. The lowest BCUT2D eigenvalue weighted by molar-refractivity contribution is -0.697. The van der Waals surface area contributed by atoms with Crippen molar-refractivity contribution >= 4 is 0 Å². The van der Waals surface area contributed by atoms with Crippen molar-refractivity contribution in [2.45, 2.75) is 65.3 Å². The van der Waals surface area contributed by atoms with Crippen LogP contribution in [-0.4, -0.2) is 0 Å². The van der Waals surface area contributed by atoms with Gasteiger partial charge in [0.15, 0.2) is 12.4 Å². The first-order valence-corrected chi connectivity index (χ1v) is 7.07. The van der Waals surface area contributed by atoms with Crippen molar-refractivity contribution in [3.8, 4) is 0 Å². The van der Waals surface area contributed by atoms with Crippen LogP contribution in [0.25, 0.3) is 0 Å². The molecule has 0 saturated heterocycles. The van der Waals surface area contributed by atoms with E-state index in [1.807, 2.05) is 0 Å². The summed E-state index contributed by atoms with van der Waals surface area (Å²) in [7, 11) is 0. The van der Waals surface area contributed by atoms with E-state index in [0.717, 1.165) is 0 Å². The lowest BCUT2D eigenvalue weighted by Gasteiger charge is -2.00. The molecule has 0 unspecified atom stereocenters. The van der Waals surface area contributed by atoms with E-state index in [9.17, 15) is 0 Å². The first kappa shape index (κ1) is 16.6. The smallest absolute Gasteiger partial charge is 0.169 e. The molecule has 1 rings (SSSR count). The zero-order valence-electron chi connectivity index (χ0n) is 11.9. The second-order valence-corrected chi connectivity index (χ2v) is 4.61. The van der Waals surface area contributed by atoms with Crippen LogP contribution < -0.4 is 4.57 Å². The summed E-state index contributed by atoms with van der Waals surface area (Å²) in [6.07, 6.45) is 13.6. The normalized spacial score (nSPS) is 9.56. The molecule has 0 fully saturated rings. The number of aromatic nitrogens is 1. The Balaban J connectivity index is 0.00000137. The summed E-state index contributed by atoms with van der Waals surface area (Å²) < 4.78 is 2.31. The van der Waals surface area contributed by atoms with Crippen LogP contribution >= 0.6 is 0 Å². The Hall–Kier alpha value is -1.36. The highest BCUT2D eigenvalue weighted by Crippen LogP contribution is 2.03. The lowest BCUT2D eigenvalue weighted by Crippen LogP contribution is -2.32. The molecule has 1 heterocycles. The zero-order valence-corrected chi connectivity index (χ0v) is 11.9. The summed E-state index contributed by atoms with van der Waals surface area (Å²) in [5.74, 6) is 0. The number of pyridine rings is 1. The molecule has 0 aromatic carbocycles. The van der Waals surface area contributed by atoms with Gasteiger partial charge in [0.1, 0.15) is 6.54 Å². The van der Waals surface area contributed by atoms with Crippen molar-refractivity contribution in [1.29, 1.82) is 5.26 Å². The van der Waals surface area contributed by atoms with Crippen molar-refractivity contribution in [2.75, 3.05) is 0 Å². The van der Waals surface area contributed by atoms with E-state index in [1.54, 1.807) is 0 Å². The number of nitrogens with zero attached hydrogens (tertiary/aromatic N) is 2. The molecule has 1 aromatic rings. The van der Waals surface area contributed by atoms with Gasteiger partial charge in [0.2, 0.25) is 0 Å². The van der Waals surface area contributed by atoms with Crippen molar-refractivity contribution in [3.05, 3.63) is 36.7 Å². The molecule has 2 nitrogen and oxygen atoms in total. The average molecular weight is 246 g/mol. The fourth-order valence-corrected chi connectivity index (χ4v) is 1.91. The summed E-state index contributed by atoms with van der Waals surface area (Å²) in [4.78, 5) is 0. The Morgan fingerprint density at radius 3 is 2.11 bits per heavy atom. The van der Waals surface area contributed by atoms with Crippen LogP contribution in [0.3, 0.4) is 0 Å². The first-order chi connectivity index (χ1) is 8.86. The van der Waals surface area contributed by atoms with E-state index in [4.69, 9.17) is 11.8 Å². The Bertz CT molecular complexity index is 301. The quantitative estimate of drug-likeness (QED) is 0.387. The molecule has 0 amide bonds. The maximum absolute atomic E-state index is 6.25. The van der Waals surface area contributed by atoms with Crippen LogP contribution in [0.4, 0.5) is 0 Å². The van der Waals surface area contributed by atoms with E-state index < -0.39 is 0 Å². The minimum absolute atomic E-state index is 1.17. The Kier molecular flexibility index (Phi) is 11.2. The third-order valence-electron chi connectivity index (χ3n) is 3.05. The Morgan fingerprint density at radius 2 is 1.56 bits per heavy atom. The summed E-state index contributed by atoms with van der Waals surface area (Å²) in [6.45, 7) is 10.4. The van der Waals surface area contributed by atoms with Gasteiger partial charge in [0, 0.05) is 18.6 Å². The van der Waals surface area contributed by atoms with Gasteiger partial charge < -0.3 is 11.8 Å². The predicted octanol–water partition coefficient (Wildman–Crippen LogP) is 3.99. The maximum Gasteiger partial charge on any atom is 0.169 e. The molecule has 0 radical (unpaired) electrons. The van der Waals surface area contributed by atoms with Gasteiger partial charge >= 0.3 is 0 Å². The standard InChI is InChI=1S/C15H26N.CN/c1-3-5-7-8-12-16-13-10-15(11-14-16)9-6-4-2;1-2/h10-11,13-14H,3-9,12H2,1-2H3;/q+1;-1. The molecule has 0 saturated carbocycles. The molecule has 0 aliphatic carbocycles. The van der Waals surface area contributed by atoms with Crippen LogP contribution in [0.15, 0.2) is 24.5 Å². The van der Waals surface area contributed by atoms with Gasteiger partial charge in [-0.3, -0.25) is 0 Å². The van der Waals surface area contributed by atoms with Crippen LogP contribution in [0, 0.1) is 11.8 Å². The number of hydrogen-bond donors (Lipinski definition) is 0. The molecule has 100 valence electrons. The summed E-state index contributed by atoms with van der Waals surface area (Å²) in [6, 6.07) is 4.55. The zero-order chi connectivity index (χ0) is 13.6. The third-order valence-corrected chi connectivity index (χ3v) is 3.05. The first-order valence-electron chi connectivity index (χ1n) is 7.07. The van der Waals surface area contributed by atoms with Crippen LogP contribution in [0.2, 0.25) is 0 Å². The average Bonchev–Trinajstić information content (AvgIpc) is 2.45. The highest BCUT2D eigenvalue weighted by Gasteiger charge is 2.00. The second kappa shape index (κ2) is 12.1. The highest BCUT2D eigenvalue weighted by molar-refractivity contribution is 5.06. The molecule has 1 aromatic heterocycles. The van der Waals surface area contributed by atoms with Gasteiger partial charge in [-0.15, -0.1) is 0 Å². The van der Waals surface area contributed by atoms with E-state index >= 15 is 0 Å². The molecule has 0 atom stereocenters. The molecule has 18 heavy (non-hydrogen) atoms. The molecule has 0 aliphatic heterocycles. The predicted molar refractivity (Wildman–Crippen MR) is 74.4 cm³/mol. The van der Waals surface area contributed by atoms with Gasteiger partial charge in [0.25, 0.3) is 0 Å². The van der Waals surface area contributed by atoms with Gasteiger partial charge in [-0.25, -0.2) is 4.57 Å². The topological polar surface area (TPSA) is 27.7 Å². The largest absolute Gasteiger partial charge is 0.512 e. The summed E-state index contributed by atoms with van der Waals surface area (Å²) >= 11 is 0. The number of hydrogen-bond acceptors (Lipinski definition) is 1. The number of aryl methyl sites for hydroxylation is 2. The fourth-order valence-electron chi connectivity index (χ4n) is 1.91. The molecule has 0 N–H and O–H groups in total. The van der Waals surface area contributed by atoms with Crippen molar-refractivity contribution in [2.24, 2.45) is 0 Å². The minimum Gasteiger partial charge on any atom is -0.512 e. The van der Waals surface area contributed by atoms with E-state index in [2.05, 4.69) is 42.9 Å². The summed E-state index contributed by atoms with van der Waals surface area (Å²) in [5.41, 5.74) is 1.48. The van der Waals surface area contributed by atoms with E-state index in [0.29, 0.717) is 0 Å². The molecule has 0 bridgehead atoms. The molecular weight excluding hydrogens is 220 g/mol. The summed E-state index contributed by atoms with van der Waals surface area (Å²) in [5, 5.41) is 6.25. The van der Waals surface area contributed by atoms with Crippen molar-refractivity contribution < 1.29 is 4.57 Å². The second-order valence-electron chi connectivity index (χ2n) is 4.61. The van der Waals surface area contributed by atoms with Gasteiger partial charge in [-0.2, -0.15) is 0 Å². The van der Waals surface area contributed by atoms with Gasteiger partial charge in [0.05, 0.1) is 0 Å². The fraction of sp³-hybridized carbons (Fsp3) is 0.625. The maximum atomic E-state index is 6.25.